The monoisotopic (exact) mass is 382 g/mol. The Morgan fingerprint density at radius 2 is 1.69 bits per heavy atom. The van der Waals surface area contributed by atoms with Crippen LogP contribution in [0.1, 0.15) is 27.1 Å². The number of likely N-dealkylation sites (N-methyl/N-ethyl adjacent to an activating group) is 1. The Morgan fingerprint density at radius 3 is 2.15 bits per heavy atom. The Morgan fingerprint density at radius 1 is 1.15 bits per heavy atom. The van der Waals surface area contributed by atoms with Crippen molar-refractivity contribution in [3.8, 4) is 0 Å². The molecule has 1 atom stereocenters. The SMILES string of the molecule is CNC(=O)COC(=O)[C@H](CCS(C)(=O)=O)N1C(=O)c2ccccc2C1=O. The van der Waals surface area contributed by atoms with Crippen LogP contribution in [0.5, 0.6) is 0 Å². The quantitative estimate of drug-likeness (QED) is 0.491. The maximum atomic E-state index is 12.5. The number of imide groups is 1. The van der Waals surface area contributed by atoms with Crippen LogP contribution >= 0.6 is 0 Å². The van der Waals surface area contributed by atoms with E-state index in [4.69, 9.17) is 4.74 Å². The first kappa shape index (κ1) is 19.6. The number of rotatable bonds is 7. The number of benzene rings is 1. The van der Waals surface area contributed by atoms with Crippen LogP contribution in [0.15, 0.2) is 24.3 Å². The van der Waals surface area contributed by atoms with Gasteiger partial charge in [0.15, 0.2) is 6.61 Å². The summed E-state index contributed by atoms with van der Waals surface area (Å²) in [6.45, 7) is -0.603. The van der Waals surface area contributed by atoms with Gasteiger partial charge in [0, 0.05) is 13.3 Å². The number of esters is 1. The molecule has 1 aromatic carbocycles. The highest BCUT2D eigenvalue weighted by molar-refractivity contribution is 7.90. The van der Waals surface area contributed by atoms with Crippen LogP contribution in [0.3, 0.4) is 0 Å². The second kappa shape index (κ2) is 7.65. The number of amides is 3. The number of hydrogen-bond donors (Lipinski definition) is 1. The molecule has 0 spiro atoms. The maximum absolute atomic E-state index is 12.5. The van der Waals surface area contributed by atoms with Gasteiger partial charge >= 0.3 is 5.97 Å². The van der Waals surface area contributed by atoms with E-state index < -0.39 is 51.9 Å². The molecule has 1 aromatic rings. The molecule has 0 unspecified atom stereocenters. The highest BCUT2D eigenvalue weighted by Crippen LogP contribution is 2.26. The Hall–Kier alpha value is -2.75. The fourth-order valence-electron chi connectivity index (χ4n) is 2.47. The van der Waals surface area contributed by atoms with Gasteiger partial charge in [-0.1, -0.05) is 12.1 Å². The van der Waals surface area contributed by atoms with Crippen molar-refractivity contribution >= 4 is 33.5 Å². The van der Waals surface area contributed by atoms with Crippen molar-refractivity contribution in [3.63, 3.8) is 0 Å². The Labute approximate surface area is 150 Å². The summed E-state index contributed by atoms with van der Waals surface area (Å²) in [5, 5.41) is 2.26. The highest BCUT2D eigenvalue weighted by atomic mass is 32.2. The number of hydrogen-bond acceptors (Lipinski definition) is 7. The summed E-state index contributed by atoms with van der Waals surface area (Å²) in [6, 6.07) is 4.59. The molecule has 0 saturated carbocycles. The zero-order valence-corrected chi connectivity index (χ0v) is 15.0. The van der Waals surface area contributed by atoms with E-state index in [1.54, 1.807) is 12.1 Å². The van der Waals surface area contributed by atoms with Crippen molar-refractivity contribution in [2.75, 3.05) is 25.7 Å². The maximum Gasteiger partial charge on any atom is 0.329 e. The van der Waals surface area contributed by atoms with Gasteiger partial charge in [0.2, 0.25) is 0 Å². The second-order valence-corrected chi connectivity index (χ2v) is 8.00. The minimum Gasteiger partial charge on any atom is -0.454 e. The van der Waals surface area contributed by atoms with Crippen molar-refractivity contribution in [3.05, 3.63) is 35.4 Å². The normalized spacial score (nSPS) is 14.8. The lowest BCUT2D eigenvalue weighted by Gasteiger charge is -2.24. The van der Waals surface area contributed by atoms with E-state index in [0.29, 0.717) is 4.90 Å². The van der Waals surface area contributed by atoms with Gasteiger partial charge in [-0.25, -0.2) is 13.2 Å². The van der Waals surface area contributed by atoms with Crippen LogP contribution in [0, 0.1) is 0 Å². The van der Waals surface area contributed by atoms with Crippen molar-refractivity contribution < 1.29 is 32.3 Å². The molecule has 1 aliphatic rings. The van der Waals surface area contributed by atoms with E-state index in [0.717, 1.165) is 6.26 Å². The van der Waals surface area contributed by atoms with Gasteiger partial charge in [-0.2, -0.15) is 0 Å². The van der Waals surface area contributed by atoms with Crippen molar-refractivity contribution in [2.24, 2.45) is 0 Å². The summed E-state index contributed by atoms with van der Waals surface area (Å²) >= 11 is 0. The van der Waals surface area contributed by atoms with Gasteiger partial charge in [-0.05, 0) is 18.6 Å². The van der Waals surface area contributed by atoms with Gasteiger partial charge in [0.25, 0.3) is 17.7 Å². The first-order valence-electron chi connectivity index (χ1n) is 7.67. The number of carbonyl (C=O) groups excluding carboxylic acids is 4. The number of nitrogens with zero attached hydrogens (tertiary/aromatic N) is 1. The number of nitrogens with one attached hydrogen (secondary N) is 1. The minimum atomic E-state index is -3.46. The summed E-state index contributed by atoms with van der Waals surface area (Å²) < 4.78 is 27.8. The summed E-state index contributed by atoms with van der Waals surface area (Å²) in [7, 11) is -2.11. The van der Waals surface area contributed by atoms with E-state index in [2.05, 4.69) is 5.32 Å². The molecule has 140 valence electrons. The molecule has 9 nitrogen and oxygen atoms in total. The van der Waals surface area contributed by atoms with Crippen LogP contribution in [0.2, 0.25) is 0 Å². The van der Waals surface area contributed by atoms with Crippen LogP contribution in [-0.4, -0.2) is 68.7 Å². The molecule has 0 saturated heterocycles. The molecule has 1 aliphatic heterocycles. The van der Waals surface area contributed by atoms with Crippen molar-refractivity contribution in [2.45, 2.75) is 12.5 Å². The third-order valence-corrected chi connectivity index (χ3v) is 4.77. The topological polar surface area (TPSA) is 127 Å². The number of fused-ring (bicyclic) bond motifs is 1. The van der Waals surface area contributed by atoms with Crippen LogP contribution in [-0.2, 0) is 24.2 Å². The van der Waals surface area contributed by atoms with E-state index in [1.807, 2.05) is 0 Å². The third kappa shape index (κ3) is 4.26. The Balaban J connectivity index is 2.29. The average molecular weight is 382 g/mol. The zero-order chi connectivity index (χ0) is 19.5. The molecule has 0 aliphatic carbocycles. The van der Waals surface area contributed by atoms with E-state index in [1.165, 1.54) is 19.2 Å². The summed E-state index contributed by atoms with van der Waals surface area (Å²) in [6.07, 6.45) is 0.652. The third-order valence-electron chi connectivity index (χ3n) is 3.80. The minimum absolute atomic E-state index is 0.126. The predicted molar refractivity (Wildman–Crippen MR) is 90.1 cm³/mol. The number of carbonyl (C=O) groups is 4. The summed E-state index contributed by atoms with van der Waals surface area (Å²) in [4.78, 5) is 49.4. The van der Waals surface area contributed by atoms with Crippen LogP contribution < -0.4 is 5.32 Å². The number of sulfone groups is 1. The van der Waals surface area contributed by atoms with E-state index in [-0.39, 0.29) is 17.5 Å². The first-order chi connectivity index (χ1) is 12.2. The predicted octanol–water partition coefficient (Wildman–Crippen LogP) is -0.625. The van der Waals surface area contributed by atoms with E-state index in [9.17, 15) is 27.6 Å². The molecule has 2 rings (SSSR count). The average Bonchev–Trinajstić information content (AvgIpc) is 2.84. The van der Waals surface area contributed by atoms with Crippen LogP contribution in [0.25, 0.3) is 0 Å². The van der Waals surface area contributed by atoms with E-state index >= 15 is 0 Å². The second-order valence-electron chi connectivity index (χ2n) is 5.74. The molecule has 26 heavy (non-hydrogen) atoms. The smallest absolute Gasteiger partial charge is 0.329 e. The van der Waals surface area contributed by atoms with Gasteiger partial charge in [0.1, 0.15) is 15.9 Å². The van der Waals surface area contributed by atoms with Crippen molar-refractivity contribution in [1.82, 2.24) is 10.2 Å². The van der Waals surface area contributed by atoms with Crippen molar-refractivity contribution in [1.29, 1.82) is 0 Å². The van der Waals surface area contributed by atoms with Gasteiger partial charge in [-0.15, -0.1) is 0 Å². The largest absolute Gasteiger partial charge is 0.454 e. The number of ether oxygens (including phenoxy) is 1. The fourth-order valence-corrected chi connectivity index (χ4v) is 3.13. The lowest BCUT2D eigenvalue weighted by Crippen LogP contribution is -2.47. The summed E-state index contributed by atoms with van der Waals surface area (Å²) in [5.74, 6) is -3.45. The Bertz CT molecular complexity index is 828. The molecule has 0 bridgehead atoms. The highest BCUT2D eigenvalue weighted by Gasteiger charge is 2.43. The fraction of sp³-hybridized carbons (Fsp3) is 0.375. The molecule has 1 heterocycles. The molecule has 0 aromatic heterocycles. The van der Waals surface area contributed by atoms with Gasteiger partial charge in [0.05, 0.1) is 16.9 Å². The van der Waals surface area contributed by atoms with Crippen LogP contribution in [0.4, 0.5) is 0 Å². The lowest BCUT2D eigenvalue weighted by molar-refractivity contribution is -0.152. The molecule has 3 amide bonds. The standard InChI is InChI=1S/C16H18N2O7S/c1-17-13(19)9-25-16(22)12(7-8-26(2,23)24)18-14(20)10-5-3-4-6-11(10)15(18)21/h3-6,12H,7-9H2,1-2H3,(H,17,19)/t12-/m0/s1. The molecular weight excluding hydrogens is 364 g/mol. The summed E-state index contributed by atoms with van der Waals surface area (Å²) in [5.41, 5.74) is 0.252. The molecule has 0 radical (unpaired) electrons. The molecule has 10 heteroatoms. The van der Waals surface area contributed by atoms with Gasteiger partial charge in [-0.3, -0.25) is 19.3 Å². The Kier molecular flexibility index (Phi) is 5.76. The zero-order valence-electron chi connectivity index (χ0n) is 14.2. The first-order valence-corrected chi connectivity index (χ1v) is 9.73. The van der Waals surface area contributed by atoms with Gasteiger partial charge < -0.3 is 10.1 Å². The lowest BCUT2D eigenvalue weighted by atomic mass is 10.1. The molecule has 1 N–H and O–H groups in total. The molecular formula is C16H18N2O7S. The molecule has 0 fully saturated rings.